The third-order valence-electron chi connectivity index (χ3n) is 5.69. The van der Waals surface area contributed by atoms with E-state index >= 15 is 0 Å². The largest absolute Gasteiger partial charge is 0.508 e. The minimum Gasteiger partial charge on any atom is -0.508 e. The fourth-order valence-corrected chi connectivity index (χ4v) is 4.28. The zero-order chi connectivity index (χ0) is 20.7. The van der Waals surface area contributed by atoms with Gasteiger partial charge in [0.2, 0.25) is 0 Å². The summed E-state index contributed by atoms with van der Waals surface area (Å²) in [6, 6.07) is 17.9. The summed E-state index contributed by atoms with van der Waals surface area (Å²) >= 11 is 0. The topological polar surface area (TPSA) is 65.0 Å². The molecule has 0 saturated carbocycles. The molecule has 1 spiro atoms. The van der Waals surface area contributed by atoms with E-state index in [4.69, 9.17) is 14.2 Å². The van der Waals surface area contributed by atoms with Crippen molar-refractivity contribution >= 4 is 5.97 Å². The molecule has 0 aliphatic carbocycles. The smallest absolute Gasteiger partial charge is 0.340 e. The number of esters is 1. The zero-order valence-electron chi connectivity index (χ0n) is 16.7. The molecule has 2 aliphatic rings. The number of phenols is 1. The predicted octanol–water partition coefficient (Wildman–Crippen LogP) is 5.53. The molecule has 0 amide bonds. The summed E-state index contributed by atoms with van der Waals surface area (Å²) in [5.74, 6) is 1.40. The quantitative estimate of drug-likeness (QED) is 0.449. The maximum atomic E-state index is 12.8. The number of fused-ring (bicyclic) bond motifs is 6. The van der Waals surface area contributed by atoms with Crippen LogP contribution >= 0.6 is 0 Å². The molecule has 1 N–H and O–H groups in total. The van der Waals surface area contributed by atoms with Gasteiger partial charge in [0, 0.05) is 28.8 Å². The Balaban J connectivity index is 1.65. The maximum Gasteiger partial charge on any atom is 0.340 e. The van der Waals surface area contributed by atoms with E-state index in [1.54, 1.807) is 24.3 Å². The van der Waals surface area contributed by atoms with E-state index < -0.39 is 5.60 Å². The average Bonchev–Trinajstić information content (AvgIpc) is 3.04. The second kappa shape index (κ2) is 7.10. The molecule has 3 aromatic carbocycles. The Hall–Kier alpha value is -3.47. The summed E-state index contributed by atoms with van der Waals surface area (Å²) in [7, 11) is 0. The van der Waals surface area contributed by atoms with Crippen molar-refractivity contribution in [3.8, 4) is 23.0 Å². The molecule has 0 fully saturated rings. The van der Waals surface area contributed by atoms with Crippen molar-refractivity contribution in [3.05, 3.63) is 82.9 Å². The highest BCUT2D eigenvalue weighted by molar-refractivity contribution is 5.97. The van der Waals surface area contributed by atoms with Crippen molar-refractivity contribution in [3.63, 3.8) is 0 Å². The van der Waals surface area contributed by atoms with Gasteiger partial charge < -0.3 is 19.3 Å². The van der Waals surface area contributed by atoms with Gasteiger partial charge in [-0.15, -0.1) is 0 Å². The van der Waals surface area contributed by atoms with E-state index in [1.165, 1.54) is 0 Å². The first kappa shape index (κ1) is 18.6. The van der Waals surface area contributed by atoms with Crippen molar-refractivity contribution in [2.24, 2.45) is 0 Å². The highest BCUT2D eigenvalue weighted by Gasteiger charge is 2.53. The molecule has 0 bridgehead atoms. The lowest BCUT2D eigenvalue weighted by atomic mass is 9.77. The molecule has 2 aliphatic heterocycles. The zero-order valence-corrected chi connectivity index (χ0v) is 16.7. The first-order valence-electron chi connectivity index (χ1n) is 10.2. The normalized spacial score (nSPS) is 18.2. The van der Waals surface area contributed by atoms with Crippen LogP contribution in [0.15, 0.2) is 60.7 Å². The predicted molar refractivity (Wildman–Crippen MR) is 111 cm³/mol. The van der Waals surface area contributed by atoms with Crippen LogP contribution in [0.2, 0.25) is 0 Å². The second-order valence-electron chi connectivity index (χ2n) is 7.61. The van der Waals surface area contributed by atoms with E-state index in [0.29, 0.717) is 35.0 Å². The van der Waals surface area contributed by atoms with Crippen LogP contribution in [0.4, 0.5) is 0 Å². The molecule has 5 heteroatoms. The summed E-state index contributed by atoms with van der Waals surface area (Å²) in [6.07, 6.45) is 3.23. The lowest BCUT2D eigenvalue weighted by Crippen LogP contribution is -2.32. The summed E-state index contributed by atoms with van der Waals surface area (Å²) < 4.78 is 18.1. The minimum atomic E-state index is -1.12. The van der Waals surface area contributed by atoms with Gasteiger partial charge in [-0.3, -0.25) is 0 Å². The van der Waals surface area contributed by atoms with Crippen LogP contribution in [0.5, 0.6) is 23.0 Å². The summed E-state index contributed by atoms with van der Waals surface area (Å²) in [6.45, 7) is 2.78. The first-order valence-corrected chi connectivity index (χ1v) is 10.2. The van der Waals surface area contributed by atoms with E-state index in [9.17, 15) is 9.90 Å². The molecule has 152 valence electrons. The van der Waals surface area contributed by atoms with Gasteiger partial charge in [-0.25, -0.2) is 4.79 Å². The van der Waals surface area contributed by atoms with Crippen LogP contribution < -0.4 is 9.47 Å². The first-order chi connectivity index (χ1) is 14.6. The van der Waals surface area contributed by atoms with Crippen molar-refractivity contribution < 1.29 is 24.1 Å². The summed E-state index contributed by atoms with van der Waals surface area (Å²) in [4.78, 5) is 12.8. The Morgan fingerprint density at radius 3 is 2.53 bits per heavy atom. The number of aromatic hydroxyl groups is 1. The van der Waals surface area contributed by atoms with Gasteiger partial charge in [0.15, 0.2) is 5.60 Å². The molecule has 5 nitrogen and oxygen atoms in total. The molecular formula is C25H22O5. The standard InChI is InChI=1S/C25H22O5/c1-2-3-6-13-28-17-10-12-21-23(15-17)29-22-14-16(26)9-11-20(22)25(21)19-8-5-4-7-18(19)24(27)30-25/h4-5,7-12,14-15,26H,2-3,6,13H2,1H3. The third-order valence-corrected chi connectivity index (χ3v) is 5.69. The van der Waals surface area contributed by atoms with E-state index in [1.807, 2.05) is 36.4 Å². The molecule has 0 saturated heterocycles. The van der Waals surface area contributed by atoms with Crippen LogP contribution in [0, 0.1) is 0 Å². The van der Waals surface area contributed by atoms with Gasteiger partial charge in [0.1, 0.15) is 23.0 Å². The lowest BCUT2D eigenvalue weighted by molar-refractivity contribution is 0.0224. The Labute approximate surface area is 174 Å². The van der Waals surface area contributed by atoms with Crippen molar-refractivity contribution in [1.29, 1.82) is 0 Å². The number of ether oxygens (including phenoxy) is 3. The van der Waals surface area contributed by atoms with Crippen LogP contribution in [-0.2, 0) is 10.3 Å². The van der Waals surface area contributed by atoms with Gasteiger partial charge in [0.05, 0.1) is 12.2 Å². The molecule has 1 unspecified atom stereocenters. The van der Waals surface area contributed by atoms with Gasteiger partial charge in [-0.1, -0.05) is 38.0 Å². The Morgan fingerprint density at radius 1 is 0.933 bits per heavy atom. The summed E-state index contributed by atoms with van der Waals surface area (Å²) in [5.41, 5.74) is 1.60. The number of rotatable bonds is 5. The number of hydrogen-bond acceptors (Lipinski definition) is 5. The van der Waals surface area contributed by atoms with Crippen LogP contribution in [0.25, 0.3) is 0 Å². The molecule has 5 rings (SSSR count). The molecule has 0 aromatic heterocycles. The number of unbranched alkanes of at least 4 members (excludes halogenated alkanes) is 2. The third kappa shape index (κ3) is 2.73. The molecule has 2 heterocycles. The Morgan fingerprint density at radius 2 is 1.70 bits per heavy atom. The molecule has 30 heavy (non-hydrogen) atoms. The van der Waals surface area contributed by atoms with Crippen molar-refractivity contribution in [1.82, 2.24) is 0 Å². The highest BCUT2D eigenvalue weighted by Crippen LogP contribution is 2.56. The number of hydrogen-bond donors (Lipinski definition) is 1. The molecule has 3 aromatic rings. The van der Waals surface area contributed by atoms with E-state index in [-0.39, 0.29) is 11.7 Å². The Kier molecular flexibility index (Phi) is 4.39. The highest BCUT2D eigenvalue weighted by atomic mass is 16.6. The van der Waals surface area contributed by atoms with Crippen molar-refractivity contribution in [2.45, 2.75) is 31.8 Å². The SMILES string of the molecule is CCCCCOc1ccc2c(c1)Oc1cc(O)ccc1C21OC(=O)c2ccccc21. The lowest BCUT2D eigenvalue weighted by Gasteiger charge is -2.36. The van der Waals surface area contributed by atoms with Gasteiger partial charge >= 0.3 is 5.97 Å². The summed E-state index contributed by atoms with van der Waals surface area (Å²) in [5, 5.41) is 10.0. The fraction of sp³-hybridized carbons (Fsp3) is 0.240. The minimum absolute atomic E-state index is 0.0805. The molecule has 1 atom stereocenters. The van der Waals surface area contributed by atoms with E-state index in [0.717, 1.165) is 30.4 Å². The number of carbonyl (C=O) groups excluding carboxylic acids is 1. The molecular weight excluding hydrogens is 380 g/mol. The maximum absolute atomic E-state index is 12.8. The fourth-order valence-electron chi connectivity index (χ4n) is 4.28. The number of carbonyl (C=O) groups is 1. The average molecular weight is 402 g/mol. The van der Waals surface area contributed by atoms with Crippen LogP contribution in [0.1, 0.15) is 53.2 Å². The van der Waals surface area contributed by atoms with Gasteiger partial charge in [0.25, 0.3) is 0 Å². The molecule has 0 radical (unpaired) electrons. The van der Waals surface area contributed by atoms with Crippen LogP contribution in [0.3, 0.4) is 0 Å². The van der Waals surface area contributed by atoms with Crippen molar-refractivity contribution in [2.75, 3.05) is 6.61 Å². The Bertz CT molecular complexity index is 1140. The number of benzene rings is 3. The van der Waals surface area contributed by atoms with Gasteiger partial charge in [-0.05, 0) is 36.8 Å². The van der Waals surface area contributed by atoms with Crippen LogP contribution in [-0.4, -0.2) is 17.7 Å². The van der Waals surface area contributed by atoms with Gasteiger partial charge in [-0.2, -0.15) is 0 Å². The number of phenolic OH excluding ortho intramolecular Hbond substituents is 1. The monoisotopic (exact) mass is 402 g/mol. The second-order valence-corrected chi connectivity index (χ2v) is 7.61. The van der Waals surface area contributed by atoms with E-state index in [2.05, 4.69) is 6.92 Å².